The van der Waals surface area contributed by atoms with Gasteiger partial charge in [0.25, 0.3) is 5.91 Å². The number of benzene rings is 2. The van der Waals surface area contributed by atoms with Gasteiger partial charge in [-0.15, -0.1) is 11.6 Å². The Bertz CT molecular complexity index is 540. The van der Waals surface area contributed by atoms with E-state index in [1.807, 2.05) is 30.3 Å². The van der Waals surface area contributed by atoms with Gasteiger partial charge in [0, 0.05) is 11.4 Å². The second kappa shape index (κ2) is 6.25. The molecule has 0 aliphatic rings. The summed E-state index contributed by atoms with van der Waals surface area (Å²) >= 11 is 5.90. The van der Waals surface area contributed by atoms with E-state index in [2.05, 4.69) is 5.32 Å². The van der Waals surface area contributed by atoms with Crippen molar-refractivity contribution in [2.24, 2.45) is 0 Å². The first-order valence-electron chi connectivity index (χ1n) is 5.91. The highest BCUT2D eigenvalue weighted by molar-refractivity contribution is 6.18. The maximum atomic E-state index is 12.0. The smallest absolute Gasteiger partial charge is 0.251 e. The fourth-order valence-corrected chi connectivity index (χ4v) is 2.01. The molecule has 2 aromatic rings. The Kier molecular flexibility index (Phi) is 4.42. The first kappa shape index (κ1) is 13.4. The lowest BCUT2D eigenvalue weighted by Gasteiger charge is -2.16. The maximum absolute atomic E-state index is 12.0. The summed E-state index contributed by atoms with van der Waals surface area (Å²) in [5.74, 6) is 0.219. The summed E-state index contributed by atoms with van der Waals surface area (Å²) in [7, 11) is 0. The molecule has 1 amide bonds. The van der Waals surface area contributed by atoms with Gasteiger partial charge in [-0.05, 0) is 29.8 Å². The van der Waals surface area contributed by atoms with E-state index in [9.17, 15) is 9.90 Å². The molecule has 2 N–H and O–H groups in total. The summed E-state index contributed by atoms with van der Waals surface area (Å²) in [4.78, 5) is 12.0. The molecule has 4 heteroatoms. The van der Waals surface area contributed by atoms with E-state index in [-0.39, 0.29) is 17.7 Å². The minimum atomic E-state index is -0.232. The number of amides is 1. The minimum absolute atomic E-state index is 0.133. The number of halogens is 1. The molecule has 0 saturated carbocycles. The van der Waals surface area contributed by atoms with Crippen LogP contribution in [0.15, 0.2) is 54.6 Å². The summed E-state index contributed by atoms with van der Waals surface area (Å²) in [5, 5.41) is 12.1. The van der Waals surface area contributed by atoms with Gasteiger partial charge < -0.3 is 10.4 Å². The lowest BCUT2D eigenvalue weighted by Crippen LogP contribution is -2.29. The minimum Gasteiger partial charge on any atom is -0.508 e. The molecule has 0 saturated heterocycles. The zero-order valence-corrected chi connectivity index (χ0v) is 11.0. The van der Waals surface area contributed by atoms with Gasteiger partial charge in [0.05, 0.1) is 6.04 Å². The summed E-state index contributed by atoms with van der Waals surface area (Å²) in [6.45, 7) is 0. The van der Waals surface area contributed by atoms with E-state index in [1.165, 1.54) is 12.1 Å². The predicted octanol–water partition coefficient (Wildman–Crippen LogP) is 3.10. The molecule has 2 aromatic carbocycles. The highest BCUT2D eigenvalue weighted by Crippen LogP contribution is 2.16. The summed E-state index contributed by atoms with van der Waals surface area (Å²) in [5.41, 5.74) is 1.45. The van der Waals surface area contributed by atoms with E-state index in [0.717, 1.165) is 5.56 Å². The van der Waals surface area contributed by atoms with Gasteiger partial charge in [-0.25, -0.2) is 0 Å². The van der Waals surface area contributed by atoms with Gasteiger partial charge >= 0.3 is 0 Å². The number of hydrogen-bond acceptors (Lipinski definition) is 2. The number of carbonyl (C=O) groups excluding carboxylic acids is 1. The molecular formula is C15H14ClNO2. The molecule has 19 heavy (non-hydrogen) atoms. The Morgan fingerprint density at radius 3 is 2.32 bits per heavy atom. The standard InChI is InChI=1S/C15H14ClNO2/c16-10-14(11-4-2-1-3-5-11)17-15(19)12-6-8-13(18)9-7-12/h1-9,14,18H,10H2,(H,17,19). The van der Waals surface area contributed by atoms with E-state index in [1.54, 1.807) is 12.1 Å². The largest absolute Gasteiger partial charge is 0.508 e. The molecule has 0 aromatic heterocycles. The molecule has 0 spiro atoms. The number of phenolic OH excluding ortho intramolecular Hbond substituents is 1. The third-order valence-electron chi connectivity index (χ3n) is 2.79. The zero-order chi connectivity index (χ0) is 13.7. The van der Waals surface area contributed by atoms with Crippen molar-refractivity contribution < 1.29 is 9.90 Å². The van der Waals surface area contributed by atoms with Crippen molar-refractivity contribution >= 4 is 17.5 Å². The van der Waals surface area contributed by atoms with Crippen molar-refractivity contribution in [3.8, 4) is 5.75 Å². The first-order chi connectivity index (χ1) is 9.20. The number of phenols is 1. The van der Waals surface area contributed by atoms with Gasteiger partial charge in [-0.1, -0.05) is 30.3 Å². The molecule has 0 bridgehead atoms. The van der Waals surface area contributed by atoms with Crippen LogP contribution in [0.25, 0.3) is 0 Å². The third kappa shape index (κ3) is 3.48. The molecule has 0 aliphatic heterocycles. The fourth-order valence-electron chi connectivity index (χ4n) is 1.75. The van der Waals surface area contributed by atoms with E-state index < -0.39 is 0 Å². The van der Waals surface area contributed by atoms with Crippen molar-refractivity contribution in [1.29, 1.82) is 0 Å². The molecular weight excluding hydrogens is 262 g/mol. The number of nitrogens with one attached hydrogen (secondary N) is 1. The normalized spacial score (nSPS) is 11.8. The SMILES string of the molecule is O=C(NC(CCl)c1ccccc1)c1ccc(O)cc1. The Balaban J connectivity index is 2.10. The Morgan fingerprint density at radius 2 is 1.74 bits per heavy atom. The van der Waals surface area contributed by atoms with Crippen molar-refractivity contribution in [2.75, 3.05) is 5.88 Å². The van der Waals surface area contributed by atoms with Gasteiger partial charge in [0.1, 0.15) is 5.75 Å². The molecule has 0 aliphatic carbocycles. The molecule has 0 radical (unpaired) electrons. The molecule has 1 atom stereocenters. The monoisotopic (exact) mass is 275 g/mol. The van der Waals surface area contributed by atoms with Gasteiger partial charge in [-0.3, -0.25) is 4.79 Å². The predicted molar refractivity (Wildman–Crippen MR) is 75.5 cm³/mol. The summed E-state index contributed by atoms with van der Waals surface area (Å²) in [6, 6.07) is 15.4. The van der Waals surface area contributed by atoms with Crippen LogP contribution < -0.4 is 5.32 Å². The average Bonchev–Trinajstić information content (AvgIpc) is 2.46. The van der Waals surface area contributed by atoms with Crippen LogP contribution >= 0.6 is 11.6 Å². The van der Waals surface area contributed by atoms with Crippen LogP contribution in [0.1, 0.15) is 22.0 Å². The van der Waals surface area contributed by atoms with Crippen LogP contribution in [0.2, 0.25) is 0 Å². The molecule has 1 unspecified atom stereocenters. The number of carbonyl (C=O) groups is 1. The van der Waals surface area contributed by atoms with Gasteiger partial charge in [0.15, 0.2) is 0 Å². The zero-order valence-electron chi connectivity index (χ0n) is 10.2. The second-order valence-corrected chi connectivity index (χ2v) is 4.45. The lowest BCUT2D eigenvalue weighted by molar-refractivity contribution is 0.0940. The molecule has 0 heterocycles. The fraction of sp³-hybridized carbons (Fsp3) is 0.133. The van der Waals surface area contributed by atoms with Crippen LogP contribution in [0.5, 0.6) is 5.75 Å². The van der Waals surface area contributed by atoms with Crippen LogP contribution in [0.4, 0.5) is 0 Å². The van der Waals surface area contributed by atoms with Gasteiger partial charge in [0.2, 0.25) is 0 Å². The quantitative estimate of drug-likeness (QED) is 0.843. The highest BCUT2D eigenvalue weighted by Gasteiger charge is 2.14. The molecule has 2 rings (SSSR count). The number of rotatable bonds is 4. The van der Waals surface area contributed by atoms with Crippen molar-refractivity contribution in [2.45, 2.75) is 6.04 Å². The van der Waals surface area contributed by atoms with Crippen LogP contribution in [-0.4, -0.2) is 16.9 Å². The lowest BCUT2D eigenvalue weighted by atomic mass is 10.1. The Morgan fingerprint density at radius 1 is 1.11 bits per heavy atom. The van der Waals surface area contributed by atoms with Crippen LogP contribution in [-0.2, 0) is 0 Å². The second-order valence-electron chi connectivity index (χ2n) is 4.14. The van der Waals surface area contributed by atoms with Crippen molar-refractivity contribution in [3.05, 3.63) is 65.7 Å². The third-order valence-corrected chi connectivity index (χ3v) is 3.10. The highest BCUT2D eigenvalue weighted by atomic mass is 35.5. The first-order valence-corrected chi connectivity index (χ1v) is 6.45. The van der Waals surface area contributed by atoms with Gasteiger partial charge in [-0.2, -0.15) is 0 Å². The molecule has 3 nitrogen and oxygen atoms in total. The van der Waals surface area contributed by atoms with Crippen LogP contribution in [0.3, 0.4) is 0 Å². The number of aromatic hydroxyl groups is 1. The summed E-state index contributed by atoms with van der Waals surface area (Å²) in [6.07, 6.45) is 0. The number of alkyl halides is 1. The van der Waals surface area contributed by atoms with E-state index in [0.29, 0.717) is 11.4 Å². The Hall–Kier alpha value is -2.00. The average molecular weight is 276 g/mol. The summed E-state index contributed by atoms with van der Waals surface area (Å²) < 4.78 is 0. The topological polar surface area (TPSA) is 49.3 Å². The van der Waals surface area contributed by atoms with Crippen molar-refractivity contribution in [3.63, 3.8) is 0 Å². The molecule has 0 fully saturated rings. The molecule has 98 valence electrons. The maximum Gasteiger partial charge on any atom is 0.251 e. The van der Waals surface area contributed by atoms with E-state index in [4.69, 9.17) is 11.6 Å². The number of hydrogen-bond donors (Lipinski definition) is 2. The van der Waals surface area contributed by atoms with Crippen LogP contribution in [0, 0.1) is 0 Å². The van der Waals surface area contributed by atoms with E-state index >= 15 is 0 Å². The Labute approximate surface area is 116 Å². The van der Waals surface area contributed by atoms with Crippen molar-refractivity contribution in [1.82, 2.24) is 5.32 Å².